The Morgan fingerprint density at radius 1 is 1.22 bits per heavy atom. The van der Waals surface area contributed by atoms with Crippen LogP contribution in [0.15, 0.2) is 17.5 Å². The average molecular weight is 468 g/mol. The molecule has 1 aliphatic rings. The van der Waals surface area contributed by atoms with Gasteiger partial charge in [0.1, 0.15) is 5.82 Å². The summed E-state index contributed by atoms with van der Waals surface area (Å²) >= 11 is 1.67. The molecule has 1 N–H and O–H groups in total. The second-order valence-corrected chi connectivity index (χ2v) is 8.82. The number of thiazole rings is 1. The summed E-state index contributed by atoms with van der Waals surface area (Å²) < 4.78 is 40.0. The van der Waals surface area contributed by atoms with Crippen LogP contribution < -0.4 is 10.2 Å². The fourth-order valence-corrected chi connectivity index (χ4v) is 4.59. The van der Waals surface area contributed by atoms with E-state index in [1.54, 1.807) is 17.4 Å². The Morgan fingerprint density at radius 2 is 2.00 bits per heavy atom. The number of hydrogen-bond acceptors (Lipinski definition) is 7. The maximum Gasteiger partial charge on any atom is 0.453 e. The molecule has 1 saturated heterocycles. The Balaban J connectivity index is 1.24. The predicted molar refractivity (Wildman–Crippen MR) is 114 cm³/mol. The van der Waals surface area contributed by atoms with E-state index in [2.05, 4.69) is 25.6 Å². The van der Waals surface area contributed by atoms with Crippen molar-refractivity contribution in [3.05, 3.63) is 34.0 Å². The first-order valence-electron chi connectivity index (χ1n) is 10.5. The lowest BCUT2D eigenvalue weighted by Crippen LogP contribution is -2.41. The summed E-state index contributed by atoms with van der Waals surface area (Å²) in [5.74, 6) is -0.791. The molecule has 32 heavy (non-hydrogen) atoms. The van der Waals surface area contributed by atoms with Crippen molar-refractivity contribution >= 4 is 28.7 Å². The highest BCUT2D eigenvalue weighted by molar-refractivity contribution is 7.09. The van der Waals surface area contributed by atoms with E-state index in [0.29, 0.717) is 38.3 Å². The maximum atomic E-state index is 13.1. The van der Waals surface area contributed by atoms with Crippen molar-refractivity contribution in [3.8, 4) is 0 Å². The highest BCUT2D eigenvalue weighted by atomic mass is 32.1. The fourth-order valence-electron chi connectivity index (χ4n) is 3.77. The second kappa shape index (κ2) is 9.39. The monoisotopic (exact) mass is 467 g/mol. The Morgan fingerprint density at radius 3 is 2.69 bits per heavy atom. The molecule has 0 atom stereocenters. The zero-order valence-electron chi connectivity index (χ0n) is 17.6. The van der Waals surface area contributed by atoms with Crippen LogP contribution in [-0.2, 0) is 17.4 Å². The SMILES string of the molecule is Cc1csc(CCCCNC(=O)C2CCN(c3ccc4nnc(C(F)(F)F)n4n3)CC2)n1. The lowest BCUT2D eigenvalue weighted by atomic mass is 9.96. The standard InChI is InChI=1S/C20H24F3N7OS/c1-13-12-32-17(25-13)4-2-3-9-24-18(31)14-7-10-29(11-8-14)16-6-5-15-26-27-19(20(21,22)23)30(15)28-16/h5-6,12,14H,2-4,7-11H2,1H3,(H,24,31). The molecule has 1 fully saturated rings. The van der Waals surface area contributed by atoms with Gasteiger partial charge in [0, 0.05) is 36.6 Å². The first kappa shape index (κ1) is 22.4. The van der Waals surface area contributed by atoms with Gasteiger partial charge in [0.25, 0.3) is 5.82 Å². The summed E-state index contributed by atoms with van der Waals surface area (Å²) in [6.45, 7) is 3.71. The van der Waals surface area contributed by atoms with Crippen LogP contribution in [0.1, 0.15) is 42.2 Å². The molecule has 0 saturated carbocycles. The number of nitrogens with one attached hydrogen (secondary N) is 1. The van der Waals surface area contributed by atoms with Crippen LogP contribution in [0.3, 0.4) is 0 Å². The molecule has 0 radical (unpaired) electrons. The lowest BCUT2D eigenvalue weighted by molar-refractivity contribution is -0.146. The minimum Gasteiger partial charge on any atom is -0.356 e. The van der Waals surface area contributed by atoms with Crippen LogP contribution in [0, 0.1) is 12.8 Å². The molecule has 0 spiro atoms. The largest absolute Gasteiger partial charge is 0.453 e. The molecule has 8 nitrogen and oxygen atoms in total. The van der Waals surface area contributed by atoms with Crippen molar-refractivity contribution in [2.24, 2.45) is 5.92 Å². The molecule has 0 aromatic carbocycles. The number of carbonyl (C=O) groups excluding carboxylic acids is 1. The lowest BCUT2D eigenvalue weighted by Gasteiger charge is -2.32. The number of carbonyl (C=O) groups is 1. The predicted octanol–water partition coefficient (Wildman–Crippen LogP) is 3.26. The molecule has 1 aliphatic heterocycles. The molecule has 0 aliphatic carbocycles. The minimum absolute atomic E-state index is 0.0383. The third-order valence-electron chi connectivity index (χ3n) is 5.48. The average Bonchev–Trinajstić information content (AvgIpc) is 3.38. The molecule has 4 rings (SSSR count). The van der Waals surface area contributed by atoms with Crippen molar-refractivity contribution in [1.82, 2.24) is 30.1 Å². The number of halogens is 3. The third kappa shape index (κ3) is 5.17. The number of alkyl halides is 3. The van der Waals surface area contributed by atoms with Gasteiger partial charge in [0.05, 0.1) is 5.01 Å². The smallest absolute Gasteiger partial charge is 0.356 e. The van der Waals surface area contributed by atoms with Crippen LogP contribution >= 0.6 is 11.3 Å². The van der Waals surface area contributed by atoms with E-state index < -0.39 is 12.0 Å². The Labute approximate surface area is 186 Å². The van der Waals surface area contributed by atoms with Gasteiger partial charge in [-0.15, -0.1) is 26.6 Å². The van der Waals surface area contributed by atoms with E-state index in [1.165, 1.54) is 6.07 Å². The van der Waals surface area contributed by atoms with Gasteiger partial charge in [-0.05, 0) is 51.2 Å². The number of unbranched alkanes of at least 4 members (excludes halogenated alkanes) is 1. The van der Waals surface area contributed by atoms with E-state index in [9.17, 15) is 18.0 Å². The van der Waals surface area contributed by atoms with Crippen LogP contribution in [-0.4, -0.2) is 50.3 Å². The van der Waals surface area contributed by atoms with Crippen molar-refractivity contribution in [3.63, 3.8) is 0 Å². The van der Waals surface area contributed by atoms with Gasteiger partial charge in [0.15, 0.2) is 5.65 Å². The highest BCUT2D eigenvalue weighted by Crippen LogP contribution is 2.28. The van der Waals surface area contributed by atoms with Crippen LogP contribution in [0.4, 0.5) is 19.0 Å². The normalized spacial score (nSPS) is 15.4. The van der Waals surface area contributed by atoms with Crippen LogP contribution in [0.25, 0.3) is 5.65 Å². The number of anilines is 1. The molecule has 12 heteroatoms. The van der Waals surface area contributed by atoms with Gasteiger partial charge < -0.3 is 10.2 Å². The van der Waals surface area contributed by atoms with Crippen LogP contribution in [0.2, 0.25) is 0 Å². The van der Waals surface area contributed by atoms with Crippen molar-refractivity contribution in [1.29, 1.82) is 0 Å². The molecule has 172 valence electrons. The van der Waals surface area contributed by atoms with Gasteiger partial charge in [-0.1, -0.05) is 0 Å². The molecule has 1 amide bonds. The number of aryl methyl sites for hydroxylation is 2. The molecule has 4 heterocycles. The number of hydrogen-bond donors (Lipinski definition) is 1. The van der Waals surface area contributed by atoms with E-state index in [-0.39, 0.29) is 17.5 Å². The summed E-state index contributed by atoms with van der Waals surface area (Å²) in [6, 6.07) is 3.10. The maximum absolute atomic E-state index is 13.1. The zero-order valence-corrected chi connectivity index (χ0v) is 18.4. The summed E-state index contributed by atoms with van der Waals surface area (Å²) in [5, 5.41) is 17.0. The van der Waals surface area contributed by atoms with Crippen molar-refractivity contribution in [2.75, 3.05) is 24.5 Å². The van der Waals surface area contributed by atoms with Gasteiger partial charge in [-0.2, -0.15) is 17.7 Å². The van der Waals surface area contributed by atoms with E-state index in [4.69, 9.17) is 0 Å². The summed E-state index contributed by atoms with van der Waals surface area (Å²) in [7, 11) is 0. The summed E-state index contributed by atoms with van der Waals surface area (Å²) in [4.78, 5) is 18.8. The highest BCUT2D eigenvalue weighted by Gasteiger charge is 2.38. The summed E-state index contributed by atoms with van der Waals surface area (Å²) in [5.41, 5.74) is 1.09. The topological polar surface area (TPSA) is 88.3 Å². The Kier molecular flexibility index (Phi) is 6.58. The van der Waals surface area contributed by atoms with E-state index >= 15 is 0 Å². The molecule has 3 aromatic heterocycles. The zero-order chi connectivity index (χ0) is 22.7. The second-order valence-electron chi connectivity index (χ2n) is 7.87. The molecular formula is C20H24F3N7OS. The number of amides is 1. The van der Waals surface area contributed by atoms with E-state index in [0.717, 1.165) is 34.5 Å². The van der Waals surface area contributed by atoms with Gasteiger partial charge in [-0.25, -0.2) is 4.98 Å². The molecule has 3 aromatic rings. The van der Waals surface area contributed by atoms with Crippen molar-refractivity contribution in [2.45, 2.75) is 45.2 Å². The van der Waals surface area contributed by atoms with Gasteiger partial charge >= 0.3 is 6.18 Å². The number of fused-ring (bicyclic) bond motifs is 1. The summed E-state index contributed by atoms with van der Waals surface area (Å²) in [6.07, 6.45) is -0.588. The van der Waals surface area contributed by atoms with Gasteiger partial charge in [-0.3, -0.25) is 4.79 Å². The number of rotatable bonds is 7. The van der Waals surface area contributed by atoms with Gasteiger partial charge in [0.2, 0.25) is 5.91 Å². The first-order valence-corrected chi connectivity index (χ1v) is 11.4. The van der Waals surface area contributed by atoms with Crippen LogP contribution in [0.5, 0.6) is 0 Å². The number of aromatic nitrogens is 5. The number of nitrogens with zero attached hydrogens (tertiary/aromatic N) is 6. The molecule has 0 bridgehead atoms. The number of piperidine rings is 1. The molecular weight excluding hydrogens is 443 g/mol. The fraction of sp³-hybridized carbons (Fsp3) is 0.550. The van der Waals surface area contributed by atoms with Crippen molar-refractivity contribution < 1.29 is 18.0 Å². The Bertz CT molecular complexity index is 1070. The third-order valence-corrected chi connectivity index (χ3v) is 6.50. The van der Waals surface area contributed by atoms with E-state index in [1.807, 2.05) is 17.2 Å². The molecule has 0 unspecified atom stereocenters. The quantitative estimate of drug-likeness (QED) is 0.537. The Hall–Kier alpha value is -2.76. The minimum atomic E-state index is -4.63. The first-order chi connectivity index (χ1) is 15.3.